The molecule has 0 spiro atoms. The third kappa shape index (κ3) is 4.57. The van der Waals surface area contributed by atoms with Crippen LogP contribution in [0.1, 0.15) is 11.7 Å². The van der Waals surface area contributed by atoms with Crippen LogP contribution in [0.25, 0.3) is 11.3 Å². The van der Waals surface area contributed by atoms with Crippen molar-refractivity contribution in [2.24, 2.45) is 0 Å². The van der Waals surface area contributed by atoms with Crippen LogP contribution in [0.2, 0.25) is 0 Å². The van der Waals surface area contributed by atoms with E-state index in [2.05, 4.69) is 20.6 Å². The number of ether oxygens (including phenoxy) is 3. The van der Waals surface area contributed by atoms with E-state index >= 15 is 0 Å². The Morgan fingerprint density at radius 3 is 2.44 bits per heavy atom. The van der Waals surface area contributed by atoms with Gasteiger partial charge in [-0.25, -0.2) is 22.5 Å². The van der Waals surface area contributed by atoms with Crippen LogP contribution in [0.15, 0.2) is 24.5 Å². The molecule has 4 heterocycles. The summed E-state index contributed by atoms with van der Waals surface area (Å²) in [5.41, 5.74) is -2.81. The molecule has 0 amide bonds. The predicted octanol–water partition coefficient (Wildman–Crippen LogP) is 1.16. The van der Waals surface area contributed by atoms with Crippen molar-refractivity contribution in [2.45, 2.75) is 48.6 Å². The first-order valence-electron chi connectivity index (χ1n) is 11.6. The first kappa shape index (κ1) is 27.4. The molecule has 5 rings (SSSR count). The van der Waals surface area contributed by atoms with Gasteiger partial charge < -0.3 is 24.4 Å². The molecule has 39 heavy (non-hydrogen) atoms. The molecule has 212 valence electrons. The number of rotatable bonds is 7. The molecule has 2 N–H and O–H groups in total. The van der Waals surface area contributed by atoms with E-state index in [9.17, 15) is 36.6 Å². The second-order valence-corrected chi connectivity index (χ2v) is 9.26. The van der Waals surface area contributed by atoms with Gasteiger partial charge >= 0.3 is 6.18 Å². The summed E-state index contributed by atoms with van der Waals surface area (Å²) in [5.74, 6) is -4.57. The highest BCUT2D eigenvalue weighted by Gasteiger charge is 2.62. The van der Waals surface area contributed by atoms with Gasteiger partial charge in [0.1, 0.15) is 30.0 Å². The predicted molar refractivity (Wildman–Crippen MR) is 115 cm³/mol. The molecule has 2 aliphatic heterocycles. The molecule has 2 aliphatic rings. The lowest BCUT2D eigenvalue weighted by atomic mass is 9.90. The fourth-order valence-corrected chi connectivity index (χ4v) is 4.73. The molecule has 0 saturated carbocycles. The summed E-state index contributed by atoms with van der Waals surface area (Å²) in [5, 5.41) is 35.9. The monoisotopic (exact) mass is 564 g/mol. The molecule has 11 nitrogen and oxygen atoms in total. The number of hydrogen-bond donors (Lipinski definition) is 2. The lowest BCUT2D eigenvalue weighted by Crippen LogP contribution is -2.61. The van der Waals surface area contributed by atoms with Crippen LogP contribution in [-0.2, 0) is 26.2 Å². The van der Waals surface area contributed by atoms with Gasteiger partial charge in [0, 0.05) is 25.3 Å². The van der Waals surface area contributed by atoms with Crippen molar-refractivity contribution in [1.29, 1.82) is 0 Å². The molecule has 0 unspecified atom stereocenters. The number of aromatic nitrogens is 6. The van der Waals surface area contributed by atoms with Gasteiger partial charge in [-0.15, -0.1) is 10.2 Å². The summed E-state index contributed by atoms with van der Waals surface area (Å²) in [6.07, 6.45) is -7.11. The number of hydrogen-bond acceptors (Lipinski definition) is 9. The summed E-state index contributed by atoms with van der Waals surface area (Å²) < 4.78 is 100. The molecule has 2 aromatic heterocycles. The fraction of sp³-hybridized carbons (Fsp3) is 0.545. The smallest absolute Gasteiger partial charge is 0.394 e. The molecule has 17 heteroatoms. The number of aliphatic hydroxyl groups excluding tert-OH is 2. The van der Waals surface area contributed by atoms with Gasteiger partial charge in [-0.3, -0.25) is 0 Å². The fourth-order valence-electron chi connectivity index (χ4n) is 4.73. The van der Waals surface area contributed by atoms with E-state index in [-0.39, 0.29) is 23.4 Å². The van der Waals surface area contributed by atoms with Crippen molar-refractivity contribution < 1.29 is 50.8 Å². The average molecular weight is 564 g/mol. The molecular weight excluding hydrogens is 542 g/mol. The molecule has 3 aromatic rings. The van der Waals surface area contributed by atoms with Crippen molar-refractivity contribution in [3.63, 3.8) is 0 Å². The Morgan fingerprint density at radius 1 is 1.08 bits per heavy atom. The lowest BCUT2D eigenvalue weighted by Gasteiger charge is -2.43. The largest absolute Gasteiger partial charge is 0.418 e. The second-order valence-electron chi connectivity index (χ2n) is 9.26. The van der Waals surface area contributed by atoms with Crippen molar-refractivity contribution >= 4 is 0 Å². The minimum atomic E-state index is -4.64. The summed E-state index contributed by atoms with van der Waals surface area (Å²) in [7, 11) is 1.29. The number of aliphatic hydroxyl groups is 2. The maximum atomic E-state index is 14.3. The molecule has 2 saturated heterocycles. The Morgan fingerprint density at radius 2 is 1.82 bits per heavy atom. The maximum Gasteiger partial charge on any atom is 0.418 e. The average Bonchev–Trinajstić information content (AvgIpc) is 3.52. The molecule has 5 atom stereocenters. The van der Waals surface area contributed by atoms with Gasteiger partial charge in [0.25, 0.3) is 0 Å². The Labute approximate surface area is 215 Å². The van der Waals surface area contributed by atoms with E-state index in [1.807, 2.05) is 0 Å². The first-order chi connectivity index (χ1) is 18.5. The Hall–Kier alpha value is -3.12. The minimum Gasteiger partial charge on any atom is -0.394 e. The number of alkyl halides is 3. The van der Waals surface area contributed by atoms with Crippen LogP contribution in [0.4, 0.5) is 26.3 Å². The number of benzene rings is 1. The highest BCUT2D eigenvalue weighted by Crippen LogP contribution is 2.42. The van der Waals surface area contributed by atoms with E-state index in [4.69, 9.17) is 14.2 Å². The Balaban J connectivity index is 1.43. The van der Waals surface area contributed by atoms with Crippen LogP contribution in [-0.4, -0.2) is 97.7 Å². The summed E-state index contributed by atoms with van der Waals surface area (Å²) in [6, 6.07) is 0.592. The standard InChI is InChI=1S/C22H22F6N6O5/c1-37-20-14(4-10-5-34(32-29-10)21(8-38-9-21)22(26,27)28)39-15(7-35)19(36)18(20)33-6-13(30-31-33)11-2-3-12(23)17(25)16(11)24/h2-3,5-6,14-15,18-20,35-36H,4,7-9H2,1H3/t14-,15-,18+,19+,20+/m1/s1. The first-order valence-corrected chi connectivity index (χ1v) is 11.6. The van der Waals surface area contributed by atoms with Gasteiger partial charge in [-0.1, -0.05) is 10.4 Å². The zero-order valence-corrected chi connectivity index (χ0v) is 20.1. The SMILES string of the molecule is CO[C@@H]1[C@@H](n2cc(-c3ccc(F)c(F)c3F)nn2)[C@@H](O)[C@@H](CO)O[C@@H]1Cc1cn(C2(C(F)(F)F)COC2)nn1. The van der Waals surface area contributed by atoms with Crippen molar-refractivity contribution in [3.8, 4) is 11.3 Å². The third-order valence-corrected chi connectivity index (χ3v) is 6.96. The Kier molecular flexibility index (Phi) is 7.13. The summed E-state index contributed by atoms with van der Waals surface area (Å²) >= 11 is 0. The minimum absolute atomic E-state index is 0.104. The van der Waals surface area contributed by atoms with E-state index in [0.717, 1.165) is 23.0 Å². The number of halogens is 6. The zero-order chi connectivity index (χ0) is 28.1. The summed E-state index contributed by atoms with van der Waals surface area (Å²) in [4.78, 5) is 0. The van der Waals surface area contributed by atoms with Crippen molar-refractivity contribution in [3.05, 3.63) is 47.7 Å². The Bertz CT molecular complexity index is 1330. The van der Waals surface area contributed by atoms with Crippen molar-refractivity contribution in [2.75, 3.05) is 26.9 Å². The molecular formula is C22H22F6N6O5. The maximum absolute atomic E-state index is 14.3. The van der Waals surface area contributed by atoms with Gasteiger partial charge in [0.05, 0.1) is 37.8 Å². The van der Waals surface area contributed by atoms with Gasteiger partial charge in [-0.2, -0.15) is 13.2 Å². The van der Waals surface area contributed by atoms with Crippen LogP contribution in [0, 0.1) is 17.5 Å². The zero-order valence-electron chi connectivity index (χ0n) is 20.1. The van der Waals surface area contributed by atoms with E-state index in [0.29, 0.717) is 4.68 Å². The number of nitrogens with zero attached hydrogens (tertiary/aromatic N) is 6. The quantitative estimate of drug-likeness (QED) is 0.321. The van der Waals surface area contributed by atoms with Crippen molar-refractivity contribution in [1.82, 2.24) is 30.0 Å². The van der Waals surface area contributed by atoms with Crippen LogP contribution < -0.4 is 0 Å². The molecule has 1 aromatic carbocycles. The van der Waals surface area contributed by atoms with Crippen LogP contribution in [0.3, 0.4) is 0 Å². The van der Waals surface area contributed by atoms with E-state index in [1.54, 1.807) is 0 Å². The topological polar surface area (TPSA) is 130 Å². The second kappa shape index (κ2) is 10.1. The van der Waals surface area contributed by atoms with E-state index < -0.39 is 79.4 Å². The third-order valence-electron chi connectivity index (χ3n) is 6.96. The lowest BCUT2D eigenvalue weighted by molar-refractivity contribution is -0.294. The van der Waals surface area contributed by atoms with Crippen LogP contribution in [0.5, 0.6) is 0 Å². The summed E-state index contributed by atoms with van der Waals surface area (Å²) in [6.45, 7) is -1.88. The van der Waals surface area contributed by atoms with Gasteiger partial charge in [0.15, 0.2) is 17.5 Å². The highest BCUT2D eigenvalue weighted by atomic mass is 19.4. The van der Waals surface area contributed by atoms with E-state index in [1.165, 1.54) is 13.3 Å². The van der Waals surface area contributed by atoms with Crippen LogP contribution >= 0.6 is 0 Å². The normalized spacial score (nSPS) is 26.9. The molecule has 2 fully saturated rings. The molecule has 0 radical (unpaired) electrons. The molecule has 0 aliphatic carbocycles. The van der Waals surface area contributed by atoms with Gasteiger partial charge in [-0.05, 0) is 12.1 Å². The molecule has 0 bridgehead atoms. The highest BCUT2D eigenvalue weighted by molar-refractivity contribution is 5.58. The number of methoxy groups -OCH3 is 1. The van der Waals surface area contributed by atoms with Gasteiger partial charge in [0.2, 0.25) is 5.54 Å².